The minimum absolute atomic E-state index is 0.0717. The molecule has 0 spiro atoms. The summed E-state index contributed by atoms with van der Waals surface area (Å²) in [6, 6.07) is 15.3. The average Bonchev–Trinajstić information content (AvgIpc) is 3.20. The van der Waals surface area contributed by atoms with Crippen LogP contribution < -0.4 is 0 Å². The maximum atomic E-state index is 14.3. The highest BCUT2D eigenvalue weighted by Gasteiger charge is 2.41. The summed E-state index contributed by atoms with van der Waals surface area (Å²) in [6.45, 7) is 5.80. The van der Waals surface area contributed by atoms with Crippen molar-refractivity contribution in [3.05, 3.63) is 93.9 Å². The van der Waals surface area contributed by atoms with Crippen molar-refractivity contribution in [2.75, 3.05) is 7.05 Å². The molecule has 4 rings (SSSR count). The summed E-state index contributed by atoms with van der Waals surface area (Å²) >= 11 is 1.39. The third kappa shape index (κ3) is 5.48. The SMILES string of the molecule is CC1=C(C(=O)OC(C)C)[C@@H](c2cccc(F)c2)N2C(CC(=O)N(C)Cc3ccccc3)=CSC2=N1. The molecule has 0 bridgehead atoms. The van der Waals surface area contributed by atoms with Crippen LogP contribution in [0.3, 0.4) is 0 Å². The van der Waals surface area contributed by atoms with E-state index in [-0.39, 0.29) is 18.4 Å². The van der Waals surface area contributed by atoms with Gasteiger partial charge in [-0.15, -0.1) is 0 Å². The second-order valence-corrected chi connectivity index (χ2v) is 9.65. The number of carbonyl (C=O) groups excluding carboxylic acids is 2. The first-order valence-electron chi connectivity index (χ1n) is 11.4. The second kappa shape index (κ2) is 10.5. The van der Waals surface area contributed by atoms with Gasteiger partial charge >= 0.3 is 5.97 Å². The number of amides is 1. The fraction of sp³-hybridized carbons (Fsp3) is 0.296. The van der Waals surface area contributed by atoms with Crippen molar-refractivity contribution in [1.82, 2.24) is 9.80 Å². The number of hydrogen-bond acceptors (Lipinski definition) is 6. The van der Waals surface area contributed by atoms with Crippen LogP contribution in [0, 0.1) is 5.82 Å². The van der Waals surface area contributed by atoms with Crippen molar-refractivity contribution in [2.45, 2.75) is 45.9 Å². The van der Waals surface area contributed by atoms with E-state index in [0.29, 0.717) is 34.2 Å². The van der Waals surface area contributed by atoms with Gasteiger partial charge in [-0.25, -0.2) is 14.2 Å². The van der Waals surface area contributed by atoms with E-state index in [4.69, 9.17) is 4.74 Å². The molecule has 0 saturated heterocycles. The van der Waals surface area contributed by atoms with Crippen molar-refractivity contribution in [1.29, 1.82) is 0 Å². The summed E-state index contributed by atoms with van der Waals surface area (Å²) in [7, 11) is 1.77. The summed E-state index contributed by atoms with van der Waals surface area (Å²) in [4.78, 5) is 34.5. The van der Waals surface area contributed by atoms with Gasteiger partial charge in [0.25, 0.3) is 0 Å². The fourth-order valence-electron chi connectivity index (χ4n) is 4.14. The molecule has 0 fully saturated rings. The molecule has 6 nitrogen and oxygen atoms in total. The van der Waals surface area contributed by atoms with Crippen molar-refractivity contribution >= 4 is 28.8 Å². The van der Waals surface area contributed by atoms with Gasteiger partial charge < -0.3 is 14.5 Å². The zero-order chi connectivity index (χ0) is 25.1. The van der Waals surface area contributed by atoms with E-state index in [1.807, 2.05) is 40.6 Å². The van der Waals surface area contributed by atoms with Gasteiger partial charge in [0.1, 0.15) is 5.82 Å². The number of carbonyl (C=O) groups is 2. The lowest BCUT2D eigenvalue weighted by Gasteiger charge is -2.36. The van der Waals surface area contributed by atoms with Crippen molar-refractivity contribution in [2.24, 2.45) is 4.99 Å². The molecular weight excluding hydrogens is 465 g/mol. The average molecular weight is 494 g/mol. The number of allylic oxidation sites excluding steroid dienone is 1. The Morgan fingerprint density at radius 1 is 1.17 bits per heavy atom. The zero-order valence-electron chi connectivity index (χ0n) is 20.2. The van der Waals surface area contributed by atoms with E-state index < -0.39 is 17.8 Å². The van der Waals surface area contributed by atoms with Gasteiger partial charge in [-0.1, -0.05) is 54.2 Å². The van der Waals surface area contributed by atoms with Crippen LogP contribution in [0.4, 0.5) is 4.39 Å². The van der Waals surface area contributed by atoms with E-state index in [1.165, 1.54) is 23.9 Å². The number of thioether (sulfide) groups is 1. The molecule has 2 aromatic rings. The Balaban J connectivity index is 1.65. The summed E-state index contributed by atoms with van der Waals surface area (Å²) < 4.78 is 19.8. The number of ether oxygens (including phenoxy) is 1. The Bertz CT molecular complexity index is 1220. The van der Waals surface area contributed by atoms with Gasteiger partial charge in [0.2, 0.25) is 5.91 Å². The minimum atomic E-state index is -0.655. The Morgan fingerprint density at radius 2 is 1.91 bits per heavy atom. The van der Waals surface area contributed by atoms with Crippen LogP contribution in [0.25, 0.3) is 0 Å². The molecule has 2 aliphatic rings. The number of aliphatic imine (C=N–C) groups is 1. The van der Waals surface area contributed by atoms with Crippen LogP contribution >= 0.6 is 11.8 Å². The van der Waals surface area contributed by atoms with Crippen LogP contribution in [-0.2, 0) is 20.9 Å². The Morgan fingerprint density at radius 3 is 2.60 bits per heavy atom. The maximum absolute atomic E-state index is 14.3. The van der Waals surface area contributed by atoms with Gasteiger partial charge in [0.05, 0.1) is 29.8 Å². The molecule has 1 amide bonds. The molecule has 8 heteroatoms. The van der Waals surface area contributed by atoms with Gasteiger partial charge in [0, 0.05) is 19.3 Å². The van der Waals surface area contributed by atoms with E-state index in [9.17, 15) is 14.0 Å². The highest BCUT2D eigenvalue weighted by molar-refractivity contribution is 8.16. The molecular formula is C27H28FN3O3S. The van der Waals surface area contributed by atoms with E-state index in [2.05, 4.69) is 4.99 Å². The zero-order valence-corrected chi connectivity index (χ0v) is 21.0. The quantitative estimate of drug-likeness (QED) is 0.483. The van der Waals surface area contributed by atoms with Gasteiger partial charge in [-0.2, -0.15) is 0 Å². The number of fused-ring (bicyclic) bond motifs is 1. The number of halogens is 1. The molecule has 2 aromatic carbocycles. The molecule has 0 radical (unpaired) electrons. The van der Waals surface area contributed by atoms with Gasteiger partial charge in [-0.05, 0) is 49.4 Å². The fourth-order valence-corrected chi connectivity index (χ4v) is 5.10. The predicted molar refractivity (Wildman–Crippen MR) is 136 cm³/mol. The first-order chi connectivity index (χ1) is 16.7. The highest BCUT2D eigenvalue weighted by Crippen LogP contribution is 2.45. The molecule has 0 aliphatic carbocycles. The largest absolute Gasteiger partial charge is 0.459 e. The Labute approximate surface area is 209 Å². The Kier molecular flexibility index (Phi) is 7.40. The number of amidine groups is 1. The summed E-state index contributed by atoms with van der Waals surface area (Å²) in [5, 5.41) is 2.52. The lowest BCUT2D eigenvalue weighted by molar-refractivity contribution is -0.143. The van der Waals surface area contributed by atoms with E-state index in [0.717, 1.165) is 5.56 Å². The smallest absolute Gasteiger partial charge is 0.338 e. The molecule has 2 heterocycles. The van der Waals surface area contributed by atoms with Crippen molar-refractivity contribution < 1.29 is 18.7 Å². The first-order valence-corrected chi connectivity index (χ1v) is 12.3. The second-order valence-electron chi connectivity index (χ2n) is 8.81. The molecule has 35 heavy (non-hydrogen) atoms. The van der Waals surface area contributed by atoms with Crippen LogP contribution in [-0.4, -0.2) is 40.0 Å². The third-order valence-electron chi connectivity index (χ3n) is 5.75. The molecule has 182 valence electrons. The van der Waals surface area contributed by atoms with E-state index in [1.54, 1.807) is 44.9 Å². The standard InChI is InChI=1S/C27H28FN3O3S/c1-17(2)34-26(33)24-18(3)29-27-31(25(24)20-11-8-12-21(28)13-20)22(16-35-27)14-23(32)30(4)15-19-9-6-5-7-10-19/h5-13,16-17,25H,14-15H2,1-4H3/t25-/m1/s1. The van der Waals surface area contributed by atoms with Crippen molar-refractivity contribution in [3.8, 4) is 0 Å². The number of rotatable bonds is 7. The van der Waals surface area contributed by atoms with Crippen molar-refractivity contribution in [3.63, 3.8) is 0 Å². The van der Waals surface area contributed by atoms with Crippen LogP contribution in [0.15, 0.2) is 82.0 Å². The van der Waals surface area contributed by atoms with E-state index >= 15 is 0 Å². The Hall–Kier alpha value is -3.39. The summed E-state index contributed by atoms with van der Waals surface area (Å²) in [5.74, 6) is -0.979. The molecule has 2 aliphatic heterocycles. The number of hydrogen-bond donors (Lipinski definition) is 0. The first kappa shape index (κ1) is 24.7. The predicted octanol–water partition coefficient (Wildman–Crippen LogP) is 5.40. The van der Waals surface area contributed by atoms with Gasteiger partial charge in [0.15, 0.2) is 5.17 Å². The molecule has 0 N–H and O–H groups in total. The molecule has 1 atom stereocenters. The number of benzene rings is 2. The lowest BCUT2D eigenvalue weighted by atomic mass is 9.93. The van der Waals surface area contributed by atoms with Crippen LogP contribution in [0.5, 0.6) is 0 Å². The molecule has 0 saturated carbocycles. The summed E-state index contributed by atoms with van der Waals surface area (Å²) in [6.07, 6.45) is -0.204. The number of nitrogens with zero attached hydrogens (tertiary/aromatic N) is 3. The summed E-state index contributed by atoms with van der Waals surface area (Å²) in [5.41, 5.74) is 3.19. The molecule has 0 unspecified atom stereocenters. The van der Waals surface area contributed by atoms with Crippen LogP contribution in [0.1, 0.15) is 44.4 Å². The van der Waals surface area contributed by atoms with Gasteiger partial charge in [-0.3, -0.25) is 4.79 Å². The van der Waals surface area contributed by atoms with Crippen LogP contribution in [0.2, 0.25) is 0 Å². The maximum Gasteiger partial charge on any atom is 0.338 e. The highest BCUT2D eigenvalue weighted by atomic mass is 32.2. The normalized spacial score (nSPS) is 17.2. The third-order valence-corrected chi connectivity index (χ3v) is 6.64. The molecule has 0 aromatic heterocycles. The minimum Gasteiger partial charge on any atom is -0.459 e. The monoisotopic (exact) mass is 493 g/mol. The number of esters is 1. The lowest BCUT2D eigenvalue weighted by Crippen LogP contribution is -2.38. The topological polar surface area (TPSA) is 62.2 Å².